The summed E-state index contributed by atoms with van der Waals surface area (Å²) in [6.45, 7) is 1.83. The zero-order chi connectivity index (χ0) is 17.4. The zero-order valence-electron chi connectivity index (χ0n) is 14.1. The van der Waals surface area contributed by atoms with Gasteiger partial charge in [-0.15, -0.1) is 0 Å². The molecular formula is C18H23ClN4O2. The fourth-order valence-corrected chi connectivity index (χ4v) is 3.72. The lowest BCUT2D eigenvalue weighted by Gasteiger charge is -2.43. The minimum absolute atomic E-state index is 0.168. The van der Waals surface area contributed by atoms with Crippen LogP contribution >= 0.6 is 11.6 Å². The SMILES string of the molecule is O=C(O)CN(CC1CC1)C1CC(NCc2cn3cc(Cl)ccc3n2)C1. The Morgan fingerprint density at radius 2 is 2.16 bits per heavy atom. The molecule has 0 atom stereocenters. The van der Waals surface area contributed by atoms with Gasteiger partial charge in [-0.1, -0.05) is 11.6 Å². The van der Waals surface area contributed by atoms with E-state index in [1.165, 1.54) is 12.8 Å². The molecule has 0 radical (unpaired) electrons. The number of hydrogen-bond acceptors (Lipinski definition) is 4. The summed E-state index contributed by atoms with van der Waals surface area (Å²) in [4.78, 5) is 17.8. The van der Waals surface area contributed by atoms with Crippen molar-refractivity contribution in [3.8, 4) is 0 Å². The molecule has 2 heterocycles. The lowest BCUT2D eigenvalue weighted by molar-refractivity contribution is -0.139. The van der Waals surface area contributed by atoms with Gasteiger partial charge in [0.15, 0.2) is 0 Å². The quantitative estimate of drug-likeness (QED) is 0.754. The fourth-order valence-electron chi connectivity index (χ4n) is 3.55. The molecular weight excluding hydrogens is 340 g/mol. The van der Waals surface area contributed by atoms with Crippen molar-refractivity contribution in [3.05, 3.63) is 35.2 Å². The monoisotopic (exact) mass is 362 g/mol. The lowest BCUT2D eigenvalue weighted by Crippen LogP contribution is -2.54. The van der Waals surface area contributed by atoms with Crippen LogP contribution in [-0.2, 0) is 11.3 Å². The third-order valence-electron chi connectivity index (χ3n) is 5.19. The van der Waals surface area contributed by atoms with E-state index in [0.717, 1.165) is 43.2 Å². The van der Waals surface area contributed by atoms with Crippen LogP contribution < -0.4 is 5.32 Å². The Bertz CT molecular complexity index is 768. The summed E-state index contributed by atoms with van der Waals surface area (Å²) >= 11 is 6.00. The summed E-state index contributed by atoms with van der Waals surface area (Å²) < 4.78 is 1.94. The highest BCUT2D eigenvalue weighted by Gasteiger charge is 2.36. The third-order valence-corrected chi connectivity index (χ3v) is 5.42. The summed E-state index contributed by atoms with van der Waals surface area (Å²) in [5, 5.41) is 13.3. The van der Waals surface area contributed by atoms with Crippen LogP contribution in [0.1, 0.15) is 31.4 Å². The number of aromatic nitrogens is 2. The maximum Gasteiger partial charge on any atom is 0.317 e. The molecule has 0 unspecified atom stereocenters. The Labute approximate surface area is 151 Å². The summed E-state index contributed by atoms with van der Waals surface area (Å²) in [6.07, 6.45) is 8.38. The zero-order valence-corrected chi connectivity index (χ0v) is 14.8. The molecule has 2 aromatic heterocycles. The topological polar surface area (TPSA) is 69.9 Å². The predicted octanol–water partition coefficient (Wildman–Crippen LogP) is 2.40. The van der Waals surface area contributed by atoms with Crippen molar-refractivity contribution in [1.82, 2.24) is 19.6 Å². The number of carboxylic acids is 1. The highest BCUT2D eigenvalue weighted by molar-refractivity contribution is 6.30. The third kappa shape index (κ3) is 4.14. The van der Waals surface area contributed by atoms with Crippen molar-refractivity contribution in [2.75, 3.05) is 13.1 Å². The van der Waals surface area contributed by atoms with E-state index in [9.17, 15) is 4.79 Å². The van der Waals surface area contributed by atoms with Gasteiger partial charge in [0.25, 0.3) is 0 Å². The van der Waals surface area contributed by atoms with E-state index in [4.69, 9.17) is 16.7 Å². The summed E-state index contributed by atoms with van der Waals surface area (Å²) in [5.41, 5.74) is 1.89. The first kappa shape index (κ1) is 16.8. The number of pyridine rings is 1. The standard InChI is InChI=1S/C18H23ClN4O2/c19-13-3-4-17-21-15(10-23(17)9-13)7-20-14-5-16(6-14)22(11-18(24)25)8-12-1-2-12/h3-4,9-10,12,14,16,20H,1-2,5-8,11H2,(H,24,25). The average molecular weight is 363 g/mol. The van der Waals surface area contributed by atoms with Crippen LogP contribution in [0, 0.1) is 5.92 Å². The molecule has 2 aliphatic rings. The van der Waals surface area contributed by atoms with Crippen LogP contribution in [0.15, 0.2) is 24.5 Å². The minimum atomic E-state index is -0.722. The molecule has 0 spiro atoms. The van der Waals surface area contributed by atoms with Crippen LogP contribution in [0.4, 0.5) is 0 Å². The number of nitrogens with one attached hydrogen (secondary N) is 1. The van der Waals surface area contributed by atoms with Crippen molar-refractivity contribution in [3.63, 3.8) is 0 Å². The van der Waals surface area contributed by atoms with Crippen molar-refractivity contribution in [2.45, 2.75) is 44.3 Å². The van der Waals surface area contributed by atoms with Crippen molar-refractivity contribution >= 4 is 23.2 Å². The van der Waals surface area contributed by atoms with E-state index < -0.39 is 5.97 Å². The molecule has 0 bridgehead atoms. The van der Waals surface area contributed by atoms with E-state index >= 15 is 0 Å². The molecule has 25 heavy (non-hydrogen) atoms. The molecule has 6 nitrogen and oxygen atoms in total. The Balaban J connectivity index is 1.27. The van der Waals surface area contributed by atoms with Crippen LogP contribution in [-0.4, -0.2) is 50.5 Å². The number of hydrogen-bond donors (Lipinski definition) is 2. The van der Waals surface area contributed by atoms with Crippen molar-refractivity contribution in [2.24, 2.45) is 5.92 Å². The highest BCUT2D eigenvalue weighted by atomic mass is 35.5. The molecule has 2 aromatic rings. The molecule has 0 saturated heterocycles. The van der Waals surface area contributed by atoms with E-state index in [1.54, 1.807) is 0 Å². The number of carboxylic acid groups (broad SMARTS) is 1. The van der Waals surface area contributed by atoms with Gasteiger partial charge in [-0.05, 0) is 43.7 Å². The highest BCUT2D eigenvalue weighted by Crippen LogP contribution is 2.33. The largest absolute Gasteiger partial charge is 0.480 e. The molecule has 4 rings (SSSR count). The molecule has 7 heteroatoms. The van der Waals surface area contributed by atoms with Crippen molar-refractivity contribution in [1.29, 1.82) is 0 Å². The van der Waals surface area contributed by atoms with Gasteiger partial charge in [-0.3, -0.25) is 9.69 Å². The molecule has 0 aliphatic heterocycles. The number of halogens is 1. The first-order chi connectivity index (χ1) is 12.1. The second-order valence-electron chi connectivity index (χ2n) is 7.31. The van der Waals surface area contributed by atoms with Gasteiger partial charge in [0.05, 0.1) is 17.3 Å². The fraction of sp³-hybridized carbons (Fsp3) is 0.556. The van der Waals surface area contributed by atoms with E-state index in [-0.39, 0.29) is 6.54 Å². The molecule has 2 fully saturated rings. The Morgan fingerprint density at radius 1 is 1.36 bits per heavy atom. The van der Waals surface area contributed by atoms with Gasteiger partial charge in [0, 0.05) is 37.6 Å². The van der Waals surface area contributed by atoms with E-state index in [0.29, 0.717) is 17.1 Å². The number of nitrogens with zero attached hydrogens (tertiary/aromatic N) is 3. The van der Waals surface area contributed by atoms with Gasteiger partial charge < -0.3 is 14.8 Å². The van der Waals surface area contributed by atoms with Gasteiger partial charge >= 0.3 is 5.97 Å². The number of fused-ring (bicyclic) bond motifs is 1. The summed E-state index contributed by atoms with van der Waals surface area (Å²) in [6, 6.07) is 4.59. The van der Waals surface area contributed by atoms with E-state index in [2.05, 4.69) is 15.2 Å². The Morgan fingerprint density at radius 3 is 2.88 bits per heavy atom. The molecule has 2 saturated carbocycles. The van der Waals surface area contributed by atoms with Crippen LogP contribution in [0.5, 0.6) is 0 Å². The Kier molecular flexibility index (Phi) is 4.67. The molecule has 2 aliphatic carbocycles. The second-order valence-corrected chi connectivity index (χ2v) is 7.75. The number of aliphatic carboxylic acids is 1. The second kappa shape index (κ2) is 6.94. The van der Waals surface area contributed by atoms with Gasteiger partial charge in [-0.25, -0.2) is 4.98 Å². The molecule has 0 aromatic carbocycles. The Hall–Kier alpha value is -1.63. The van der Waals surface area contributed by atoms with Gasteiger partial charge in [0.1, 0.15) is 5.65 Å². The first-order valence-corrected chi connectivity index (χ1v) is 9.27. The summed E-state index contributed by atoms with van der Waals surface area (Å²) in [7, 11) is 0. The predicted molar refractivity (Wildman–Crippen MR) is 95.8 cm³/mol. The molecule has 0 amide bonds. The number of carbonyl (C=O) groups is 1. The van der Waals surface area contributed by atoms with Crippen LogP contribution in [0.3, 0.4) is 0 Å². The van der Waals surface area contributed by atoms with Gasteiger partial charge in [0.2, 0.25) is 0 Å². The average Bonchev–Trinajstić information content (AvgIpc) is 3.22. The smallest absolute Gasteiger partial charge is 0.317 e. The van der Waals surface area contributed by atoms with Gasteiger partial charge in [-0.2, -0.15) is 0 Å². The van der Waals surface area contributed by atoms with Crippen LogP contribution in [0.25, 0.3) is 5.65 Å². The molecule has 2 N–H and O–H groups in total. The first-order valence-electron chi connectivity index (χ1n) is 8.89. The number of rotatable bonds is 8. The van der Waals surface area contributed by atoms with E-state index in [1.807, 2.05) is 28.9 Å². The maximum atomic E-state index is 11.1. The van der Waals surface area contributed by atoms with Crippen LogP contribution in [0.2, 0.25) is 5.02 Å². The maximum absolute atomic E-state index is 11.1. The summed E-state index contributed by atoms with van der Waals surface area (Å²) in [5.74, 6) is -0.00317. The lowest BCUT2D eigenvalue weighted by atomic mass is 9.85. The normalized spacial score (nSPS) is 23.1. The minimum Gasteiger partial charge on any atom is -0.480 e. The number of imidazole rings is 1. The molecule has 134 valence electrons. The van der Waals surface area contributed by atoms with Crippen molar-refractivity contribution < 1.29 is 9.90 Å².